The zero-order valence-corrected chi connectivity index (χ0v) is 19.6. The van der Waals surface area contributed by atoms with Gasteiger partial charge in [0, 0.05) is 37.2 Å². The van der Waals surface area contributed by atoms with E-state index in [4.69, 9.17) is 16.3 Å². The largest absolute Gasteiger partial charge is 0.457 e. The number of halogens is 1. The lowest BCUT2D eigenvalue weighted by atomic mass is 10.1. The van der Waals surface area contributed by atoms with Crippen LogP contribution in [0.15, 0.2) is 78.9 Å². The molecule has 0 aliphatic carbocycles. The van der Waals surface area contributed by atoms with E-state index < -0.39 is 0 Å². The molecule has 1 fully saturated rings. The number of likely N-dealkylation sites (tertiary alicyclic amines) is 1. The van der Waals surface area contributed by atoms with Crippen LogP contribution in [0.4, 0.5) is 0 Å². The first-order valence-electron chi connectivity index (χ1n) is 11.4. The molecule has 2 N–H and O–H groups in total. The Morgan fingerprint density at radius 3 is 2.58 bits per heavy atom. The van der Waals surface area contributed by atoms with Crippen LogP contribution >= 0.6 is 11.6 Å². The van der Waals surface area contributed by atoms with E-state index >= 15 is 0 Å². The van der Waals surface area contributed by atoms with Crippen LogP contribution in [0, 0.1) is 0 Å². The van der Waals surface area contributed by atoms with Gasteiger partial charge in [0.1, 0.15) is 11.5 Å². The molecule has 0 bridgehead atoms. The number of likely N-dealkylation sites (N-methyl/N-ethyl adjacent to an activating group) is 1. The molecule has 1 saturated heterocycles. The summed E-state index contributed by atoms with van der Waals surface area (Å²) in [5.41, 5.74) is 2.18. The Labute approximate surface area is 200 Å². The van der Waals surface area contributed by atoms with Crippen molar-refractivity contribution in [2.75, 3.05) is 13.1 Å². The Balaban J connectivity index is 1.39. The van der Waals surface area contributed by atoms with Crippen molar-refractivity contribution >= 4 is 17.5 Å². The highest BCUT2D eigenvalue weighted by Gasteiger charge is 2.36. The van der Waals surface area contributed by atoms with E-state index in [9.17, 15) is 4.79 Å². The molecule has 0 unspecified atom stereocenters. The van der Waals surface area contributed by atoms with Gasteiger partial charge in [0.05, 0.1) is 6.04 Å². The molecule has 172 valence electrons. The summed E-state index contributed by atoms with van der Waals surface area (Å²) in [5, 5.41) is 7.36. The van der Waals surface area contributed by atoms with Crippen LogP contribution in [0.2, 0.25) is 5.02 Å². The van der Waals surface area contributed by atoms with Gasteiger partial charge in [0.2, 0.25) is 5.91 Å². The van der Waals surface area contributed by atoms with Gasteiger partial charge in [-0.1, -0.05) is 60.1 Å². The number of nitrogens with one attached hydrogen (secondary N) is 2. The summed E-state index contributed by atoms with van der Waals surface area (Å²) in [6, 6.07) is 25.7. The average molecular weight is 464 g/mol. The van der Waals surface area contributed by atoms with Crippen molar-refractivity contribution in [2.45, 2.75) is 38.5 Å². The normalized spacial score (nSPS) is 18.2. The first-order chi connectivity index (χ1) is 16.1. The summed E-state index contributed by atoms with van der Waals surface area (Å²) in [4.78, 5) is 15.0. The molecule has 5 nitrogen and oxygen atoms in total. The Kier molecular flexibility index (Phi) is 8.00. The molecule has 0 saturated carbocycles. The second kappa shape index (κ2) is 11.3. The number of para-hydroxylation sites is 1. The predicted molar refractivity (Wildman–Crippen MR) is 133 cm³/mol. The van der Waals surface area contributed by atoms with Gasteiger partial charge in [0.15, 0.2) is 0 Å². The third kappa shape index (κ3) is 6.35. The number of amides is 1. The van der Waals surface area contributed by atoms with Crippen LogP contribution in [0.3, 0.4) is 0 Å². The molecular weight excluding hydrogens is 434 g/mol. The standard InChI is InChI=1S/C27H30ClN3O2/c1-2-29-27(32)26-16-22(19-31(26)18-21-10-6-7-14-25(21)28)30-17-20-9-8-13-24(15-20)33-23-11-4-3-5-12-23/h3-15,22,26,30H,2,16-19H2,1H3,(H,29,32)/t22-,26-/m0/s1. The number of carbonyl (C=O) groups excluding carboxylic acids is 1. The second-order valence-electron chi connectivity index (χ2n) is 8.31. The third-order valence-corrected chi connectivity index (χ3v) is 6.23. The molecular formula is C27H30ClN3O2. The molecule has 1 aliphatic rings. The van der Waals surface area contributed by atoms with Crippen molar-refractivity contribution in [3.63, 3.8) is 0 Å². The van der Waals surface area contributed by atoms with Crippen molar-refractivity contribution < 1.29 is 9.53 Å². The molecule has 1 heterocycles. The van der Waals surface area contributed by atoms with Crippen molar-refractivity contribution in [1.82, 2.24) is 15.5 Å². The van der Waals surface area contributed by atoms with Gasteiger partial charge in [0.25, 0.3) is 0 Å². The van der Waals surface area contributed by atoms with Gasteiger partial charge in [-0.05, 0) is 54.8 Å². The van der Waals surface area contributed by atoms with Crippen LogP contribution < -0.4 is 15.4 Å². The zero-order valence-electron chi connectivity index (χ0n) is 18.8. The van der Waals surface area contributed by atoms with Crippen LogP contribution in [0.25, 0.3) is 0 Å². The molecule has 4 rings (SSSR count). The Morgan fingerprint density at radius 1 is 1.03 bits per heavy atom. The predicted octanol–water partition coefficient (Wildman–Crippen LogP) is 5.00. The molecule has 0 radical (unpaired) electrons. The summed E-state index contributed by atoms with van der Waals surface area (Å²) in [5.74, 6) is 1.71. The summed E-state index contributed by atoms with van der Waals surface area (Å²) < 4.78 is 5.96. The maximum absolute atomic E-state index is 12.7. The number of rotatable bonds is 9. The number of nitrogens with zero attached hydrogens (tertiary/aromatic N) is 1. The summed E-state index contributed by atoms with van der Waals surface area (Å²) >= 11 is 6.39. The van der Waals surface area contributed by atoms with Crippen LogP contribution in [0.5, 0.6) is 11.5 Å². The highest BCUT2D eigenvalue weighted by Crippen LogP contribution is 2.25. The minimum Gasteiger partial charge on any atom is -0.457 e. The van der Waals surface area contributed by atoms with Gasteiger partial charge in [-0.2, -0.15) is 0 Å². The molecule has 0 aromatic heterocycles. The van der Waals surface area contributed by atoms with Gasteiger partial charge in [-0.15, -0.1) is 0 Å². The zero-order chi connectivity index (χ0) is 23.0. The SMILES string of the molecule is CCNC(=O)[C@@H]1C[C@H](NCc2cccc(Oc3ccccc3)c2)CN1Cc1ccccc1Cl. The summed E-state index contributed by atoms with van der Waals surface area (Å²) in [6.45, 7) is 4.72. The molecule has 0 spiro atoms. The first-order valence-corrected chi connectivity index (χ1v) is 11.8. The van der Waals surface area contributed by atoms with E-state index in [1.54, 1.807) is 0 Å². The molecule has 1 amide bonds. The number of hydrogen-bond donors (Lipinski definition) is 2. The number of ether oxygens (including phenoxy) is 1. The first kappa shape index (κ1) is 23.3. The second-order valence-corrected chi connectivity index (χ2v) is 8.71. The molecule has 6 heteroatoms. The van der Waals surface area contributed by atoms with Crippen molar-refractivity contribution in [3.05, 3.63) is 95.0 Å². The maximum atomic E-state index is 12.7. The van der Waals surface area contributed by atoms with E-state index in [1.807, 2.05) is 73.7 Å². The Hall–Kier alpha value is -2.86. The van der Waals surface area contributed by atoms with Crippen molar-refractivity contribution in [2.24, 2.45) is 0 Å². The lowest BCUT2D eigenvalue weighted by Crippen LogP contribution is -2.42. The van der Waals surface area contributed by atoms with Crippen LogP contribution in [0.1, 0.15) is 24.5 Å². The highest BCUT2D eigenvalue weighted by atomic mass is 35.5. The molecule has 3 aromatic carbocycles. The third-order valence-electron chi connectivity index (χ3n) is 5.86. The van der Waals surface area contributed by atoms with Crippen LogP contribution in [-0.4, -0.2) is 36.0 Å². The minimum absolute atomic E-state index is 0.0760. The van der Waals surface area contributed by atoms with Gasteiger partial charge in [-0.3, -0.25) is 9.69 Å². The number of benzene rings is 3. The monoisotopic (exact) mass is 463 g/mol. The minimum atomic E-state index is -0.175. The number of carbonyl (C=O) groups is 1. The van der Waals surface area contributed by atoms with Crippen molar-refractivity contribution in [3.8, 4) is 11.5 Å². The topological polar surface area (TPSA) is 53.6 Å². The van der Waals surface area contributed by atoms with Gasteiger partial charge < -0.3 is 15.4 Å². The lowest BCUT2D eigenvalue weighted by Gasteiger charge is -2.23. The summed E-state index contributed by atoms with van der Waals surface area (Å²) in [6.07, 6.45) is 0.760. The maximum Gasteiger partial charge on any atom is 0.237 e. The Morgan fingerprint density at radius 2 is 1.79 bits per heavy atom. The number of hydrogen-bond acceptors (Lipinski definition) is 4. The molecule has 3 aromatic rings. The van der Waals surface area contributed by atoms with E-state index in [0.717, 1.165) is 40.6 Å². The fourth-order valence-electron chi connectivity index (χ4n) is 4.24. The lowest BCUT2D eigenvalue weighted by molar-refractivity contribution is -0.125. The van der Waals surface area contributed by atoms with Gasteiger partial charge in [-0.25, -0.2) is 0 Å². The molecule has 33 heavy (non-hydrogen) atoms. The van der Waals surface area contributed by atoms with E-state index in [-0.39, 0.29) is 18.0 Å². The molecule has 1 aliphatic heterocycles. The quantitative estimate of drug-likeness (QED) is 0.469. The molecule has 2 atom stereocenters. The van der Waals surface area contributed by atoms with E-state index in [2.05, 4.69) is 27.7 Å². The fraction of sp³-hybridized carbons (Fsp3) is 0.296. The van der Waals surface area contributed by atoms with Gasteiger partial charge >= 0.3 is 0 Å². The average Bonchev–Trinajstić information content (AvgIpc) is 3.23. The van der Waals surface area contributed by atoms with Crippen molar-refractivity contribution in [1.29, 1.82) is 0 Å². The van der Waals surface area contributed by atoms with E-state index in [1.165, 1.54) is 0 Å². The highest BCUT2D eigenvalue weighted by molar-refractivity contribution is 6.31. The fourth-order valence-corrected chi connectivity index (χ4v) is 4.44. The van der Waals surface area contributed by atoms with Crippen LogP contribution in [-0.2, 0) is 17.9 Å². The Bertz CT molecular complexity index is 1060. The smallest absolute Gasteiger partial charge is 0.237 e. The van der Waals surface area contributed by atoms with E-state index in [0.29, 0.717) is 19.6 Å². The summed E-state index contributed by atoms with van der Waals surface area (Å²) in [7, 11) is 0.